The Bertz CT molecular complexity index is 729. The molecule has 2 aromatic carbocycles. The van der Waals surface area contributed by atoms with Crippen molar-refractivity contribution >= 4 is 26.8 Å². The van der Waals surface area contributed by atoms with Crippen LogP contribution in [0.25, 0.3) is 0 Å². The third-order valence-electron chi connectivity index (χ3n) is 3.46. The normalized spacial score (nSPS) is 14.5. The molecule has 0 aliphatic carbocycles. The van der Waals surface area contributed by atoms with Crippen LogP contribution in [0.3, 0.4) is 0 Å². The molecule has 1 N–H and O–H groups in total. The molecule has 2 aromatic rings. The van der Waals surface area contributed by atoms with E-state index in [4.69, 9.17) is 15.4 Å². The summed E-state index contributed by atoms with van der Waals surface area (Å²) >= 11 is 0. The van der Waals surface area contributed by atoms with Crippen LogP contribution >= 0.6 is 10.7 Å². The highest BCUT2D eigenvalue weighted by Gasteiger charge is 2.33. The molecule has 0 fully saturated rings. The molecule has 0 aliphatic heterocycles. The van der Waals surface area contributed by atoms with Gasteiger partial charge in [0.15, 0.2) is 0 Å². The molecule has 0 radical (unpaired) electrons. The zero-order valence-electron chi connectivity index (χ0n) is 13.0. The molecule has 7 heteroatoms. The first-order chi connectivity index (χ1) is 11.4. The van der Waals surface area contributed by atoms with Crippen LogP contribution in [0.1, 0.15) is 18.1 Å². The number of carbonyl (C=O) groups excluding carboxylic acids is 1. The highest BCUT2D eigenvalue weighted by molar-refractivity contribution is 8.08. The third-order valence-corrected chi connectivity index (χ3v) is 4.59. The minimum atomic E-state index is -1.76. The van der Waals surface area contributed by atoms with Gasteiger partial charge in [-0.2, -0.15) is 0 Å². The molecule has 2 rings (SSSR count). The number of alkyl carbamates (subject to hydrolysis) is 1. The Morgan fingerprint density at radius 3 is 2.46 bits per heavy atom. The molecule has 0 saturated heterocycles. The first-order valence-corrected chi connectivity index (χ1v) is 9.34. The van der Waals surface area contributed by atoms with E-state index in [9.17, 15) is 13.4 Å². The molecule has 0 bridgehead atoms. The average Bonchev–Trinajstić information content (AvgIpc) is 2.53. The summed E-state index contributed by atoms with van der Waals surface area (Å²) < 4.78 is 30.7. The fourth-order valence-corrected chi connectivity index (χ4v) is 3.64. The molecule has 1 amide bonds. The summed E-state index contributed by atoms with van der Waals surface area (Å²) in [4.78, 5) is 12.1. The number of carbonyl (C=O) groups is 1. The topological polar surface area (TPSA) is 55.4 Å². The monoisotopic (exact) mass is 369 g/mol. The van der Waals surface area contributed by atoms with Gasteiger partial charge in [0, 0.05) is 5.56 Å². The Labute approximate surface area is 146 Å². The molecule has 0 heterocycles. The van der Waals surface area contributed by atoms with Crippen molar-refractivity contribution in [1.82, 2.24) is 5.32 Å². The van der Waals surface area contributed by atoms with Crippen molar-refractivity contribution in [2.75, 3.05) is 5.75 Å². The van der Waals surface area contributed by atoms with Crippen LogP contribution in [-0.2, 0) is 26.9 Å². The second-order valence-corrected chi connectivity index (χ2v) is 7.33. The van der Waals surface area contributed by atoms with Crippen molar-refractivity contribution in [2.24, 2.45) is 0 Å². The molecule has 0 spiro atoms. The molecule has 0 aliphatic rings. The summed E-state index contributed by atoms with van der Waals surface area (Å²) in [6, 6.07) is 15.1. The molecule has 1 unspecified atom stereocenters. The maximum Gasteiger partial charge on any atom is 0.408 e. The minimum absolute atomic E-state index is 0.0734. The van der Waals surface area contributed by atoms with Gasteiger partial charge in [-0.3, -0.25) is 0 Å². The van der Waals surface area contributed by atoms with Gasteiger partial charge >= 0.3 is 6.09 Å². The number of ether oxygens (including phenoxy) is 1. The van der Waals surface area contributed by atoms with Gasteiger partial charge in [0.25, 0.3) is 0 Å². The van der Waals surface area contributed by atoms with Crippen molar-refractivity contribution in [1.29, 1.82) is 0 Å². The van der Waals surface area contributed by atoms with Gasteiger partial charge in [-0.05, 0) is 29.2 Å². The zero-order valence-corrected chi connectivity index (χ0v) is 14.6. The highest BCUT2D eigenvalue weighted by atomic mass is 35.7. The smallest absolute Gasteiger partial charge is 0.408 e. The number of halogens is 2. The van der Waals surface area contributed by atoms with Crippen LogP contribution in [0.5, 0.6) is 0 Å². The number of rotatable bonds is 6. The fourth-order valence-electron chi connectivity index (χ4n) is 2.30. The lowest BCUT2D eigenvalue weighted by molar-refractivity contribution is 0.129. The van der Waals surface area contributed by atoms with Crippen LogP contribution in [0.2, 0.25) is 0 Å². The first-order valence-electron chi connectivity index (χ1n) is 7.19. The number of hydrogen-bond acceptors (Lipinski definition) is 3. The van der Waals surface area contributed by atoms with Gasteiger partial charge in [0.1, 0.15) is 22.4 Å². The van der Waals surface area contributed by atoms with Crippen LogP contribution in [-0.4, -0.2) is 16.1 Å². The van der Waals surface area contributed by atoms with E-state index < -0.39 is 27.5 Å². The Morgan fingerprint density at radius 1 is 1.21 bits per heavy atom. The quantitative estimate of drug-likeness (QED) is 0.786. The van der Waals surface area contributed by atoms with E-state index in [0.717, 1.165) is 5.56 Å². The fraction of sp³-hybridized carbons (Fsp3) is 0.235. The summed E-state index contributed by atoms with van der Waals surface area (Å²) in [5.74, 6) is -0.680. The van der Waals surface area contributed by atoms with E-state index in [1.54, 1.807) is 13.0 Å². The summed E-state index contributed by atoms with van der Waals surface area (Å²) in [5.41, 5.74) is -0.247. The van der Waals surface area contributed by atoms with Gasteiger partial charge < -0.3 is 10.1 Å². The Morgan fingerprint density at radius 2 is 1.83 bits per heavy atom. The molecular formula is C17H17ClFNO3S. The second-order valence-electron chi connectivity index (χ2n) is 5.43. The van der Waals surface area contributed by atoms with Crippen molar-refractivity contribution < 1.29 is 18.1 Å². The molecule has 4 nitrogen and oxygen atoms in total. The van der Waals surface area contributed by atoms with E-state index in [1.165, 1.54) is 18.2 Å². The summed E-state index contributed by atoms with van der Waals surface area (Å²) in [6.07, 6.45) is -0.744. The number of benzene rings is 2. The van der Waals surface area contributed by atoms with Crippen LogP contribution in [0.4, 0.5) is 9.18 Å². The SMILES string of the molecule is C[C@@](CS(=O)Cl)(NC(=O)OCc1ccccc1)c1ccccc1F. The van der Waals surface area contributed by atoms with Gasteiger partial charge in [-0.25, -0.2) is 13.4 Å². The molecular weight excluding hydrogens is 353 g/mol. The zero-order chi connectivity index (χ0) is 17.6. The molecule has 2 atom stereocenters. The molecule has 128 valence electrons. The minimum Gasteiger partial charge on any atom is -0.445 e. The highest BCUT2D eigenvalue weighted by Crippen LogP contribution is 2.25. The van der Waals surface area contributed by atoms with Crippen molar-refractivity contribution in [3.8, 4) is 0 Å². The van der Waals surface area contributed by atoms with E-state index in [1.807, 2.05) is 30.3 Å². The Balaban J connectivity index is 2.12. The molecule has 0 aromatic heterocycles. The summed E-state index contributed by atoms with van der Waals surface area (Å²) in [6.45, 7) is 1.62. The number of hydrogen-bond donors (Lipinski definition) is 1. The van der Waals surface area contributed by atoms with E-state index >= 15 is 0 Å². The predicted molar refractivity (Wildman–Crippen MR) is 92.4 cm³/mol. The van der Waals surface area contributed by atoms with Crippen LogP contribution in [0.15, 0.2) is 54.6 Å². The predicted octanol–water partition coefficient (Wildman–Crippen LogP) is 3.87. The first kappa shape index (κ1) is 18.4. The maximum absolute atomic E-state index is 14.1. The lowest BCUT2D eigenvalue weighted by Gasteiger charge is -2.30. The van der Waals surface area contributed by atoms with Gasteiger partial charge in [0.05, 0.1) is 11.3 Å². The second kappa shape index (κ2) is 8.26. The summed E-state index contributed by atoms with van der Waals surface area (Å²) in [7, 11) is 3.81. The van der Waals surface area contributed by atoms with Gasteiger partial charge in [0.2, 0.25) is 0 Å². The average molecular weight is 370 g/mol. The van der Waals surface area contributed by atoms with E-state index in [0.29, 0.717) is 0 Å². The maximum atomic E-state index is 14.1. The van der Waals surface area contributed by atoms with Crippen molar-refractivity contribution in [3.05, 3.63) is 71.5 Å². The standard InChI is InChI=1S/C17H17ClFNO3S/c1-17(12-24(18)22,14-9-5-6-10-15(14)19)20-16(21)23-11-13-7-3-2-4-8-13/h2-10H,11-12H2,1H3,(H,20,21)/t17-,24?/m0/s1. The van der Waals surface area contributed by atoms with Crippen molar-refractivity contribution in [2.45, 2.75) is 19.1 Å². The lowest BCUT2D eigenvalue weighted by atomic mass is 9.94. The summed E-state index contributed by atoms with van der Waals surface area (Å²) in [5, 5.41) is 2.57. The Hall–Kier alpha value is -1.92. The molecule has 24 heavy (non-hydrogen) atoms. The van der Waals surface area contributed by atoms with Crippen LogP contribution < -0.4 is 5.32 Å². The van der Waals surface area contributed by atoms with Crippen LogP contribution in [0, 0.1) is 5.82 Å². The van der Waals surface area contributed by atoms with E-state index in [-0.39, 0.29) is 17.9 Å². The molecule has 0 saturated carbocycles. The third kappa shape index (κ3) is 5.04. The van der Waals surface area contributed by atoms with E-state index in [2.05, 4.69) is 5.32 Å². The van der Waals surface area contributed by atoms with Crippen molar-refractivity contribution in [3.63, 3.8) is 0 Å². The van der Waals surface area contributed by atoms with Gasteiger partial charge in [-0.1, -0.05) is 48.5 Å². The Kier molecular flexibility index (Phi) is 6.34. The largest absolute Gasteiger partial charge is 0.445 e. The number of nitrogens with one attached hydrogen (secondary N) is 1. The van der Waals surface area contributed by atoms with Gasteiger partial charge in [-0.15, -0.1) is 0 Å². The lowest BCUT2D eigenvalue weighted by Crippen LogP contribution is -2.47. The number of amides is 1.